The molecule has 0 saturated heterocycles. The second kappa shape index (κ2) is 9.45. The van der Waals surface area contributed by atoms with Crippen LogP contribution in [0.25, 0.3) is 0 Å². The number of amides is 1. The maximum absolute atomic E-state index is 12.7. The number of rotatable bonds is 8. The molecule has 28 heavy (non-hydrogen) atoms. The Morgan fingerprint density at radius 2 is 1.79 bits per heavy atom. The van der Waals surface area contributed by atoms with E-state index in [4.69, 9.17) is 9.47 Å². The summed E-state index contributed by atoms with van der Waals surface area (Å²) in [6.45, 7) is -0.0650. The summed E-state index contributed by atoms with van der Waals surface area (Å²) < 4.78 is 48.6. The second-order valence-corrected chi connectivity index (χ2v) is 6.37. The summed E-state index contributed by atoms with van der Waals surface area (Å²) in [6, 6.07) is 11.8. The number of nitrogens with one attached hydrogen (secondary N) is 1. The standard InChI is InChI=1S/C20H23F3N2O3/c1-25(2)18(14-6-4-8-16(10-14)27-3)12-24-19(26)13-28-17-9-5-7-15(11-17)20(21,22)23/h4-11,18H,12-13H2,1-3H3,(H,24,26). The molecular weight excluding hydrogens is 373 g/mol. The Morgan fingerprint density at radius 1 is 1.11 bits per heavy atom. The van der Waals surface area contributed by atoms with E-state index < -0.39 is 17.6 Å². The Balaban J connectivity index is 1.93. The molecule has 8 heteroatoms. The fourth-order valence-corrected chi connectivity index (χ4v) is 2.62. The lowest BCUT2D eigenvalue weighted by atomic mass is 10.1. The molecule has 2 aromatic rings. The SMILES string of the molecule is COc1cccc(C(CNC(=O)COc2cccc(C(F)(F)F)c2)N(C)C)c1. The molecule has 0 heterocycles. The van der Waals surface area contributed by atoms with Gasteiger partial charge in [-0.05, 0) is 50.0 Å². The molecule has 0 aliphatic heterocycles. The molecule has 0 radical (unpaired) electrons. The molecule has 0 spiro atoms. The maximum atomic E-state index is 12.7. The third-order valence-electron chi connectivity index (χ3n) is 4.13. The molecule has 2 rings (SSSR count). The van der Waals surface area contributed by atoms with Crippen LogP contribution >= 0.6 is 0 Å². The topological polar surface area (TPSA) is 50.8 Å². The smallest absolute Gasteiger partial charge is 0.416 e. The number of methoxy groups -OCH3 is 1. The quantitative estimate of drug-likeness (QED) is 0.742. The average Bonchev–Trinajstić information content (AvgIpc) is 2.66. The number of ether oxygens (including phenoxy) is 2. The molecule has 1 unspecified atom stereocenters. The largest absolute Gasteiger partial charge is 0.497 e. The lowest BCUT2D eigenvalue weighted by Crippen LogP contribution is -2.36. The van der Waals surface area contributed by atoms with Crippen LogP contribution in [0.1, 0.15) is 17.2 Å². The van der Waals surface area contributed by atoms with Gasteiger partial charge in [-0.15, -0.1) is 0 Å². The Labute approximate surface area is 162 Å². The van der Waals surface area contributed by atoms with Gasteiger partial charge >= 0.3 is 6.18 Å². The predicted octanol–water partition coefficient (Wildman–Crippen LogP) is 3.51. The molecule has 0 bridgehead atoms. The van der Waals surface area contributed by atoms with E-state index in [-0.39, 0.29) is 18.4 Å². The normalized spacial score (nSPS) is 12.5. The van der Waals surface area contributed by atoms with E-state index >= 15 is 0 Å². The maximum Gasteiger partial charge on any atom is 0.416 e. The summed E-state index contributed by atoms with van der Waals surface area (Å²) in [5.74, 6) is 0.276. The Bertz CT molecular complexity index is 794. The first-order valence-corrected chi connectivity index (χ1v) is 8.58. The third kappa shape index (κ3) is 6.16. The van der Waals surface area contributed by atoms with Gasteiger partial charge in [0.1, 0.15) is 11.5 Å². The van der Waals surface area contributed by atoms with E-state index in [0.717, 1.165) is 17.7 Å². The van der Waals surface area contributed by atoms with Crippen LogP contribution < -0.4 is 14.8 Å². The molecule has 0 aromatic heterocycles. The Kier molecular flexibility index (Phi) is 7.28. The first-order chi connectivity index (χ1) is 13.2. The van der Waals surface area contributed by atoms with Gasteiger partial charge in [0.05, 0.1) is 18.7 Å². The van der Waals surface area contributed by atoms with Gasteiger partial charge in [0.25, 0.3) is 5.91 Å². The van der Waals surface area contributed by atoms with Crippen LogP contribution in [-0.4, -0.2) is 45.2 Å². The highest BCUT2D eigenvalue weighted by Gasteiger charge is 2.30. The molecule has 1 N–H and O–H groups in total. The van der Waals surface area contributed by atoms with Crippen LogP contribution in [0.5, 0.6) is 11.5 Å². The number of hydrogen-bond acceptors (Lipinski definition) is 4. The summed E-state index contributed by atoms with van der Waals surface area (Å²) in [5.41, 5.74) is 0.138. The minimum absolute atomic E-state index is 0.0121. The van der Waals surface area contributed by atoms with Crippen LogP contribution in [0.15, 0.2) is 48.5 Å². The van der Waals surface area contributed by atoms with Gasteiger partial charge in [-0.3, -0.25) is 4.79 Å². The highest BCUT2D eigenvalue weighted by atomic mass is 19.4. The van der Waals surface area contributed by atoms with Crippen molar-refractivity contribution < 1.29 is 27.4 Å². The zero-order valence-corrected chi connectivity index (χ0v) is 15.9. The number of carbonyl (C=O) groups is 1. The number of nitrogens with zero attached hydrogens (tertiary/aromatic N) is 1. The second-order valence-electron chi connectivity index (χ2n) is 6.37. The molecule has 1 amide bonds. The summed E-state index contributed by atoms with van der Waals surface area (Å²) in [7, 11) is 5.35. The lowest BCUT2D eigenvalue weighted by molar-refractivity contribution is -0.137. The zero-order chi connectivity index (χ0) is 20.7. The lowest BCUT2D eigenvalue weighted by Gasteiger charge is -2.25. The summed E-state index contributed by atoms with van der Waals surface area (Å²) in [4.78, 5) is 14.0. The van der Waals surface area contributed by atoms with Crippen molar-refractivity contribution >= 4 is 5.91 Å². The van der Waals surface area contributed by atoms with Crippen molar-refractivity contribution in [2.75, 3.05) is 34.4 Å². The number of alkyl halides is 3. The minimum Gasteiger partial charge on any atom is -0.497 e. The molecule has 0 aliphatic carbocycles. The minimum atomic E-state index is -4.46. The van der Waals surface area contributed by atoms with Crippen LogP contribution in [0, 0.1) is 0 Å². The van der Waals surface area contributed by atoms with Crippen molar-refractivity contribution in [1.82, 2.24) is 10.2 Å². The molecular formula is C20H23F3N2O3. The van der Waals surface area contributed by atoms with E-state index in [2.05, 4.69) is 5.32 Å². The zero-order valence-electron chi connectivity index (χ0n) is 15.9. The van der Waals surface area contributed by atoms with E-state index in [1.165, 1.54) is 12.1 Å². The summed E-state index contributed by atoms with van der Waals surface area (Å²) in [6.07, 6.45) is -4.46. The van der Waals surface area contributed by atoms with Crippen molar-refractivity contribution in [1.29, 1.82) is 0 Å². The van der Waals surface area contributed by atoms with E-state index in [1.807, 2.05) is 43.3 Å². The number of likely N-dealkylation sites (N-methyl/N-ethyl adjacent to an activating group) is 1. The van der Waals surface area contributed by atoms with Gasteiger partial charge in [0, 0.05) is 6.54 Å². The molecule has 0 aliphatic rings. The van der Waals surface area contributed by atoms with Gasteiger partial charge in [0.2, 0.25) is 0 Å². The molecule has 2 aromatic carbocycles. The van der Waals surface area contributed by atoms with Crippen LogP contribution in [0.4, 0.5) is 13.2 Å². The van der Waals surface area contributed by atoms with Gasteiger partial charge in [-0.25, -0.2) is 0 Å². The van der Waals surface area contributed by atoms with E-state index in [1.54, 1.807) is 7.11 Å². The number of hydrogen-bond donors (Lipinski definition) is 1. The summed E-state index contributed by atoms with van der Waals surface area (Å²) in [5, 5.41) is 2.75. The number of halogens is 3. The van der Waals surface area contributed by atoms with Crippen LogP contribution in [0.3, 0.4) is 0 Å². The molecule has 1 atom stereocenters. The van der Waals surface area contributed by atoms with E-state index in [0.29, 0.717) is 12.3 Å². The van der Waals surface area contributed by atoms with Crippen molar-refractivity contribution in [3.63, 3.8) is 0 Å². The molecule has 5 nitrogen and oxygen atoms in total. The van der Waals surface area contributed by atoms with Crippen molar-refractivity contribution in [2.24, 2.45) is 0 Å². The van der Waals surface area contributed by atoms with Crippen molar-refractivity contribution in [3.05, 3.63) is 59.7 Å². The monoisotopic (exact) mass is 396 g/mol. The Hall–Kier alpha value is -2.74. The molecule has 152 valence electrons. The molecule has 0 saturated carbocycles. The number of benzene rings is 2. The van der Waals surface area contributed by atoms with Crippen LogP contribution in [0.2, 0.25) is 0 Å². The molecule has 0 fully saturated rings. The summed E-state index contributed by atoms with van der Waals surface area (Å²) >= 11 is 0. The van der Waals surface area contributed by atoms with Gasteiger partial charge in [-0.2, -0.15) is 13.2 Å². The van der Waals surface area contributed by atoms with E-state index in [9.17, 15) is 18.0 Å². The highest BCUT2D eigenvalue weighted by Crippen LogP contribution is 2.31. The van der Waals surface area contributed by atoms with Crippen molar-refractivity contribution in [2.45, 2.75) is 12.2 Å². The predicted molar refractivity (Wildman–Crippen MR) is 99.4 cm³/mol. The fourth-order valence-electron chi connectivity index (χ4n) is 2.62. The van der Waals surface area contributed by atoms with Gasteiger partial charge in [0.15, 0.2) is 6.61 Å². The van der Waals surface area contributed by atoms with Crippen LogP contribution in [-0.2, 0) is 11.0 Å². The third-order valence-corrected chi connectivity index (χ3v) is 4.13. The van der Waals surface area contributed by atoms with Crippen molar-refractivity contribution in [3.8, 4) is 11.5 Å². The first-order valence-electron chi connectivity index (χ1n) is 8.58. The average molecular weight is 396 g/mol. The van der Waals surface area contributed by atoms with Gasteiger partial charge in [-0.1, -0.05) is 18.2 Å². The first kappa shape index (κ1) is 21.6. The number of carbonyl (C=O) groups excluding carboxylic acids is 1. The van der Waals surface area contributed by atoms with Gasteiger partial charge < -0.3 is 19.7 Å². The Morgan fingerprint density at radius 3 is 2.43 bits per heavy atom. The highest BCUT2D eigenvalue weighted by molar-refractivity contribution is 5.77. The fraction of sp³-hybridized carbons (Fsp3) is 0.350.